The third-order valence-corrected chi connectivity index (χ3v) is 2.71. The van der Waals surface area contributed by atoms with Gasteiger partial charge in [0.25, 0.3) is 5.69 Å². The maximum absolute atomic E-state index is 13.8. The largest absolute Gasteiger partial charge is 0.387 e. The van der Waals surface area contributed by atoms with Gasteiger partial charge in [0, 0.05) is 6.07 Å². The molecule has 0 spiro atoms. The van der Waals surface area contributed by atoms with Crippen molar-refractivity contribution in [2.75, 3.05) is 0 Å². The van der Waals surface area contributed by atoms with Crippen LogP contribution < -0.4 is 0 Å². The lowest BCUT2D eigenvalue weighted by Crippen LogP contribution is -2.06. The van der Waals surface area contributed by atoms with Crippen LogP contribution in [0.1, 0.15) is 25.1 Å². The van der Waals surface area contributed by atoms with Gasteiger partial charge in [0.2, 0.25) is 0 Å². The number of halogens is 2. The molecule has 20 heavy (non-hydrogen) atoms. The first-order valence-electron chi connectivity index (χ1n) is 5.68. The fourth-order valence-electron chi connectivity index (χ4n) is 1.64. The molecule has 0 fully saturated rings. The predicted octanol–water partition coefficient (Wildman–Crippen LogP) is 1.90. The average molecular weight is 284 g/mol. The monoisotopic (exact) mass is 284 g/mol. The number of aromatic nitrogens is 3. The van der Waals surface area contributed by atoms with Gasteiger partial charge >= 0.3 is 0 Å². The Bertz CT molecular complexity index is 659. The topological polar surface area (TPSA) is 94.1 Å². The summed E-state index contributed by atoms with van der Waals surface area (Å²) in [6.45, 7) is 1.69. The summed E-state index contributed by atoms with van der Waals surface area (Å²) in [5.41, 5.74) is -1.19. The lowest BCUT2D eigenvalue weighted by molar-refractivity contribution is -0.384. The van der Waals surface area contributed by atoms with Crippen molar-refractivity contribution in [2.45, 2.75) is 19.4 Å². The Morgan fingerprint density at radius 1 is 1.50 bits per heavy atom. The van der Waals surface area contributed by atoms with E-state index in [0.29, 0.717) is 12.5 Å². The van der Waals surface area contributed by atoms with E-state index >= 15 is 0 Å². The van der Waals surface area contributed by atoms with Crippen molar-refractivity contribution in [3.8, 4) is 5.69 Å². The molecular formula is C11H10F2N4O3. The third-order valence-electron chi connectivity index (χ3n) is 2.71. The van der Waals surface area contributed by atoms with Crippen LogP contribution in [-0.4, -0.2) is 25.0 Å². The van der Waals surface area contributed by atoms with E-state index in [1.807, 2.05) is 0 Å². The van der Waals surface area contributed by atoms with Crippen LogP contribution in [0.5, 0.6) is 0 Å². The Labute approximate surface area is 111 Å². The summed E-state index contributed by atoms with van der Waals surface area (Å²) < 4.78 is 27.7. The minimum atomic E-state index is -1.40. The molecule has 0 amide bonds. The Hall–Kier alpha value is -2.42. The van der Waals surface area contributed by atoms with Gasteiger partial charge in [-0.3, -0.25) is 10.1 Å². The van der Waals surface area contributed by atoms with E-state index in [-0.39, 0.29) is 5.69 Å². The minimum absolute atomic E-state index is 0.116. The zero-order valence-electron chi connectivity index (χ0n) is 10.3. The molecule has 1 heterocycles. The van der Waals surface area contributed by atoms with Crippen LogP contribution in [0.15, 0.2) is 18.3 Å². The number of nitro groups is 1. The van der Waals surface area contributed by atoms with Gasteiger partial charge in [0.15, 0.2) is 17.3 Å². The Balaban J connectivity index is 2.59. The number of nitro benzene ring substituents is 1. The maximum Gasteiger partial charge on any atom is 0.298 e. The molecule has 1 aromatic heterocycles. The maximum atomic E-state index is 13.8. The van der Waals surface area contributed by atoms with Crippen molar-refractivity contribution >= 4 is 5.69 Å². The van der Waals surface area contributed by atoms with Crippen molar-refractivity contribution < 1.29 is 18.8 Å². The van der Waals surface area contributed by atoms with Gasteiger partial charge in [-0.15, -0.1) is 5.10 Å². The summed E-state index contributed by atoms with van der Waals surface area (Å²) >= 11 is 0. The van der Waals surface area contributed by atoms with Crippen LogP contribution in [0.3, 0.4) is 0 Å². The SMILES string of the molecule is CCC(O)c1cn(-c2c([N+](=O)[O-])ccc(F)c2F)nn1. The standard InChI is InChI=1S/C11H10F2N4O3/c1-2-9(18)7-5-16(15-14-7)11-8(17(19)20)4-3-6(12)10(11)13/h3-5,9,18H,2H2,1H3. The van der Waals surface area contributed by atoms with Gasteiger partial charge in [-0.05, 0) is 12.5 Å². The molecule has 1 N–H and O–H groups in total. The summed E-state index contributed by atoms with van der Waals surface area (Å²) in [6.07, 6.45) is 0.533. The number of hydrogen-bond acceptors (Lipinski definition) is 5. The number of aliphatic hydroxyl groups excluding tert-OH is 1. The number of rotatable bonds is 4. The zero-order chi connectivity index (χ0) is 14.9. The minimum Gasteiger partial charge on any atom is -0.387 e. The van der Waals surface area contributed by atoms with Gasteiger partial charge in [-0.2, -0.15) is 0 Å². The lowest BCUT2D eigenvalue weighted by Gasteiger charge is -2.04. The zero-order valence-corrected chi connectivity index (χ0v) is 10.3. The van der Waals surface area contributed by atoms with Gasteiger partial charge in [-0.1, -0.05) is 12.1 Å². The Morgan fingerprint density at radius 3 is 2.80 bits per heavy atom. The van der Waals surface area contributed by atoms with E-state index in [4.69, 9.17) is 0 Å². The summed E-state index contributed by atoms with van der Waals surface area (Å²) in [7, 11) is 0. The normalized spacial score (nSPS) is 12.4. The van der Waals surface area contributed by atoms with E-state index < -0.39 is 34.0 Å². The van der Waals surface area contributed by atoms with Crippen molar-refractivity contribution in [1.29, 1.82) is 0 Å². The van der Waals surface area contributed by atoms with E-state index in [1.165, 1.54) is 0 Å². The second kappa shape index (κ2) is 5.29. The van der Waals surface area contributed by atoms with E-state index in [1.54, 1.807) is 6.92 Å². The highest BCUT2D eigenvalue weighted by Crippen LogP contribution is 2.27. The molecule has 1 atom stereocenters. The summed E-state index contributed by atoms with van der Waals surface area (Å²) in [4.78, 5) is 10.0. The van der Waals surface area contributed by atoms with Gasteiger partial charge < -0.3 is 5.11 Å². The molecule has 0 saturated carbocycles. The lowest BCUT2D eigenvalue weighted by atomic mass is 10.2. The Morgan fingerprint density at radius 2 is 2.20 bits per heavy atom. The fourth-order valence-corrected chi connectivity index (χ4v) is 1.64. The number of hydrogen-bond donors (Lipinski definition) is 1. The molecule has 0 aliphatic carbocycles. The first kappa shape index (κ1) is 14.0. The van der Waals surface area contributed by atoms with E-state index in [0.717, 1.165) is 16.9 Å². The molecule has 0 bridgehead atoms. The average Bonchev–Trinajstić information content (AvgIpc) is 2.89. The molecule has 9 heteroatoms. The van der Waals surface area contributed by atoms with Crippen LogP contribution in [0.2, 0.25) is 0 Å². The highest BCUT2D eigenvalue weighted by molar-refractivity contribution is 5.53. The molecule has 2 rings (SSSR count). The van der Waals surface area contributed by atoms with Gasteiger partial charge in [-0.25, -0.2) is 13.5 Å². The first-order chi connectivity index (χ1) is 9.45. The van der Waals surface area contributed by atoms with Crippen LogP contribution >= 0.6 is 0 Å². The smallest absolute Gasteiger partial charge is 0.298 e. The number of benzene rings is 1. The van der Waals surface area contributed by atoms with Crippen LogP contribution in [0.25, 0.3) is 5.69 Å². The highest BCUT2D eigenvalue weighted by Gasteiger charge is 2.25. The van der Waals surface area contributed by atoms with Crippen LogP contribution in [-0.2, 0) is 0 Å². The number of nitrogens with zero attached hydrogens (tertiary/aromatic N) is 4. The number of aliphatic hydroxyl groups is 1. The molecule has 1 unspecified atom stereocenters. The first-order valence-corrected chi connectivity index (χ1v) is 5.68. The van der Waals surface area contributed by atoms with Crippen molar-refractivity contribution in [1.82, 2.24) is 15.0 Å². The van der Waals surface area contributed by atoms with Crippen molar-refractivity contribution in [3.63, 3.8) is 0 Å². The molecule has 0 aliphatic heterocycles. The molecule has 7 nitrogen and oxygen atoms in total. The van der Waals surface area contributed by atoms with Gasteiger partial charge in [0.05, 0.1) is 17.2 Å². The quantitative estimate of drug-likeness (QED) is 0.683. The highest BCUT2D eigenvalue weighted by atomic mass is 19.2. The molecule has 0 saturated heterocycles. The van der Waals surface area contributed by atoms with E-state index in [2.05, 4.69) is 10.3 Å². The van der Waals surface area contributed by atoms with Crippen molar-refractivity contribution in [3.05, 3.63) is 45.8 Å². The third kappa shape index (κ3) is 2.35. The molecule has 1 aromatic carbocycles. The molecule has 0 aliphatic rings. The van der Waals surface area contributed by atoms with E-state index in [9.17, 15) is 24.0 Å². The second-order valence-corrected chi connectivity index (χ2v) is 4.00. The summed E-state index contributed by atoms with van der Waals surface area (Å²) in [5.74, 6) is -2.64. The summed E-state index contributed by atoms with van der Waals surface area (Å²) in [6, 6.07) is 1.50. The van der Waals surface area contributed by atoms with Gasteiger partial charge in [0.1, 0.15) is 5.69 Å². The van der Waals surface area contributed by atoms with Crippen LogP contribution in [0, 0.1) is 21.7 Å². The predicted molar refractivity (Wildman–Crippen MR) is 63.2 cm³/mol. The molecule has 0 radical (unpaired) electrons. The Kier molecular flexibility index (Phi) is 3.70. The fraction of sp³-hybridized carbons (Fsp3) is 0.273. The molecular weight excluding hydrogens is 274 g/mol. The second-order valence-electron chi connectivity index (χ2n) is 4.00. The molecule has 2 aromatic rings. The van der Waals surface area contributed by atoms with Crippen LogP contribution in [0.4, 0.5) is 14.5 Å². The van der Waals surface area contributed by atoms with Crippen molar-refractivity contribution in [2.24, 2.45) is 0 Å². The molecule has 106 valence electrons. The summed E-state index contributed by atoms with van der Waals surface area (Å²) in [5, 5.41) is 27.5.